The van der Waals surface area contributed by atoms with Crippen molar-refractivity contribution in [2.45, 2.75) is 45.7 Å². The molecule has 0 aromatic heterocycles. The van der Waals surface area contributed by atoms with Crippen LogP contribution < -0.4 is 14.2 Å². The van der Waals surface area contributed by atoms with E-state index in [1.54, 1.807) is 27.7 Å². The third kappa shape index (κ3) is 4.86. The lowest BCUT2D eigenvalue weighted by Crippen LogP contribution is -2.13. The molecule has 0 saturated heterocycles. The summed E-state index contributed by atoms with van der Waals surface area (Å²) in [6.45, 7) is 6.88. The van der Waals surface area contributed by atoms with Gasteiger partial charge in [0.2, 0.25) is 5.75 Å². The maximum absolute atomic E-state index is 13.1. The Morgan fingerprint density at radius 3 is 1.58 bits per heavy atom. The third-order valence-electron chi connectivity index (χ3n) is 3.00. The Hall–Kier alpha value is -1.27. The molecule has 0 aliphatic carbocycles. The lowest BCUT2D eigenvalue weighted by molar-refractivity contribution is 0.101. The van der Waals surface area contributed by atoms with Crippen molar-refractivity contribution in [3.63, 3.8) is 0 Å². The highest BCUT2D eigenvalue weighted by molar-refractivity contribution is 7.54. The predicted molar refractivity (Wildman–Crippen MR) is 91.1 cm³/mol. The molecule has 138 valence electrons. The second-order valence-corrected chi connectivity index (χ2v) is 7.67. The Balaban J connectivity index is 3.37. The molecule has 1 aromatic rings. The van der Waals surface area contributed by atoms with Crippen molar-refractivity contribution in [3.8, 4) is 17.2 Å². The first kappa shape index (κ1) is 20.8. The first-order valence-electron chi connectivity index (χ1n) is 7.63. The highest BCUT2D eigenvalue weighted by Crippen LogP contribution is 2.62. The number of aliphatic hydroxyl groups is 1. The van der Waals surface area contributed by atoms with Crippen LogP contribution in [-0.4, -0.2) is 38.6 Å². The van der Waals surface area contributed by atoms with Crippen LogP contribution in [-0.2, 0) is 13.6 Å². The van der Waals surface area contributed by atoms with Crippen molar-refractivity contribution in [2.75, 3.05) is 21.3 Å². The van der Waals surface area contributed by atoms with Gasteiger partial charge in [0.05, 0.1) is 33.5 Å². The van der Waals surface area contributed by atoms with Crippen LogP contribution in [0.15, 0.2) is 12.1 Å². The summed E-state index contributed by atoms with van der Waals surface area (Å²) < 4.78 is 39.7. The van der Waals surface area contributed by atoms with Gasteiger partial charge < -0.3 is 28.4 Å². The molecule has 1 unspecified atom stereocenters. The number of hydrogen-bond acceptors (Lipinski definition) is 7. The average molecular weight is 362 g/mol. The first-order valence-corrected chi connectivity index (χ1v) is 9.24. The van der Waals surface area contributed by atoms with Crippen molar-refractivity contribution in [1.29, 1.82) is 0 Å². The van der Waals surface area contributed by atoms with E-state index in [2.05, 4.69) is 0 Å². The van der Waals surface area contributed by atoms with E-state index in [0.29, 0.717) is 17.2 Å². The fourth-order valence-corrected chi connectivity index (χ4v) is 4.13. The number of benzene rings is 1. The van der Waals surface area contributed by atoms with E-state index in [0.717, 1.165) is 0 Å². The summed E-state index contributed by atoms with van der Waals surface area (Å²) in [4.78, 5) is 0. The molecule has 0 aliphatic heterocycles. The minimum Gasteiger partial charge on any atom is -0.493 e. The lowest BCUT2D eigenvalue weighted by atomic mass is 10.2. The van der Waals surface area contributed by atoms with Crippen LogP contribution in [0.1, 0.15) is 39.1 Å². The van der Waals surface area contributed by atoms with Crippen LogP contribution in [0.3, 0.4) is 0 Å². The fourth-order valence-electron chi connectivity index (χ4n) is 2.16. The van der Waals surface area contributed by atoms with Crippen LogP contribution >= 0.6 is 7.60 Å². The van der Waals surface area contributed by atoms with Crippen molar-refractivity contribution in [1.82, 2.24) is 0 Å². The number of aliphatic hydroxyl groups excluding tert-OH is 1. The first-order chi connectivity index (χ1) is 11.2. The second kappa shape index (κ2) is 8.72. The zero-order valence-corrected chi connectivity index (χ0v) is 16.1. The topological polar surface area (TPSA) is 83.5 Å². The zero-order valence-electron chi connectivity index (χ0n) is 15.2. The van der Waals surface area contributed by atoms with Gasteiger partial charge in [-0.2, -0.15) is 0 Å². The summed E-state index contributed by atoms with van der Waals surface area (Å²) in [7, 11) is 0.573. The van der Waals surface area contributed by atoms with Crippen molar-refractivity contribution in [2.24, 2.45) is 0 Å². The summed E-state index contributed by atoms with van der Waals surface area (Å²) in [6, 6.07) is 3.04. The largest absolute Gasteiger partial charge is 0.493 e. The van der Waals surface area contributed by atoms with Gasteiger partial charge in [-0.3, -0.25) is 4.57 Å². The molecule has 8 heteroatoms. The second-order valence-electron chi connectivity index (χ2n) is 5.68. The summed E-state index contributed by atoms with van der Waals surface area (Å²) in [6.07, 6.45) is -0.766. The molecule has 0 bridgehead atoms. The van der Waals surface area contributed by atoms with Crippen LogP contribution in [0.5, 0.6) is 17.2 Å². The van der Waals surface area contributed by atoms with Crippen molar-refractivity contribution in [3.05, 3.63) is 17.7 Å². The Morgan fingerprint density at radius 1 is 0.875 bits per heavy atom. The highest BCUT2D eigenvalue weighted by Gasteiger charge is 2.39. The van der Waals surface area contributed by atoms with Gasteiger partial charge in [-0.1, -0.05) is 0 Å². The van der Waals surface area contributed by atoms with Gasteiger partial charge in [-0.25, -0.2) is 0 Å². The number of methoxy groups -OCH3 is 3. The number of rotatable bonds is 9. The zero-order chi connectivity index (χ0) is 18.5. The van der Waals surface area contributed by atoms with Gasteiger partial charge in [0.15, 0.2) is 17.3 Å². The summed E-state index contributed by atoms with van der Waals surface area (Å²) in [5.74, 6) is -0.436. The van der Waals surface area contributed by atoms with Crippen LogP contribution in [0.4, 0.5) is 0 Å². The lowest BCUT2D eigenvalue weighted by Gasteiger charge is -2.27. The molecule has 0 spiro atoms. The predicted octanol–water partition coefficient (Wildman–Crippen LogP) is 3.75. The Labute approximate surface area is 143 Å². The molecule has 1 atom stereocenters. The van der Waals surface area contributed by atoms with Crippen LogP contribution in [0.2, 0.25) is 0 Å². The molecule has 24 heavy (non-hydrogen) atoms. The van der Waals surface area contributed by atoms with E-state index in [1.165, 1.54) is 33.5 Å². The molecular formula is C16H27O7P. The molecule has 0 amide bonds. The van der Waals surface area contributed by atoms with Gasteiger partial charge in [-0.05, 0) is 39.8 Å². The maximum atomic E-state index is 13.1. The van der Waals surface area contributed by atoms with Crippen molar-refractivity contribution < 1.29 is 32.9 Å². The molecular weight excluding hydrogens is 335 g/mol. The SMILES string of the molecule is COc1cc(C(O)P(=O)(OC(C)C)OC(C)C)cc(OC)c1OC. The summed E-state index contributed by atoms with van der Waals surface area (Å²) >= 11 is 0. The average Bonchev–Trinajstić information content (AvgIpc) is 2.50. The van der Waals surface area contributed by atoms with Crippen LogP contribution in [0, 0.1) is 0 Å². The van der Waals surface area contributed by atoms with Gasteiger partial charge in [0.25, 0.3) is 0 Å². The summed E-state index contributed by atoms with van der Waals surface area (Å²) in [5, 5.41) is 10.7. The van der Waals surface area contributed by atoms with Crippen LogP contribution in [0.25, 0.3) is 0 Å². The molecule has 1 aromatic carbocycles. The molecule has 0 radical (unpaired) electrons. The van der Waals surface area contributed by atoms with E-state index in [4.69, 9.17) is 23.3 Å². The number of ether oxygens (including phenoxy) is 3. The molecule has 0 saturated carbocycles. The quantitative estimate of drug-likeness (QED) is 0.670. The number of hydrogen-bond donors (Lipinski definition) is 1. The maximum Gasteiger partial charge on any atom is 0.363 e. The van der Waals surface area contributed by atoms with E-state index in [-0.39, 0.29) is 17.8 Å². The van der Waals surface area contributed by atoms with Gasteiger partial charge in [-0.15, -0.1) is 0 Å². The highest BCUT2D eigenvalue weighted by atomic mass is 31.2. The van der Waals surface area contributed by atoms with E-state index in [1.807, 2.05) is 0 Å². The Morgan fingerprint density at radius 2 is 1.29 bits per heavy atom. The normalized spacial score (nSPS) is 13.2. The molecule has 0 aliphatic rings. The molecule has 1 rings (SSSR count). The molecule has 0 heterocycles. The third-order valence-corrected chi connectivity index (χ3v) is 5.33. The van der Waals surface area contributed by atoms with Gasteiger partial charge in [0.1, 0.15) is 0 Å². The van der Waals surface area contributed by atoms with E-state index < -0.39 is 13.4 Å². The van der Waals surface area contributed by atoms with Crippen molar-refractivity contribution >= 4 is 7.60 Å². The Bertz CT molecular complexity index is 547. The van der Waals surface area contributed by atoms with E-state index >= 15 is 0 Å². The Kier molecular flexibility index (Phi) is 7.55. The minimum absolute atomic E-state index is 0.286. The minimum atomic E-state index is -3.83. The smallest absolute Gasteiger partial charge is 0.363 e. The summed E-state index contributed by atoms with van der Waals surface area (Å²) in [5.41, 5.74) is 0.286. The molecule has 1 N–H and O–H groups in total. The monoisotopic (exact) mass is 362 g/mol. The molecule has 0 fully saturated rings. The fraction of sp³-hybridized carbons (Fsp3) is 0.625. The molecule has 7 nitrogen and oxygen atoms in total. The van der Waals surface area contributed by atoms with Gasteiger partial charge in [0, 0.05) is 5.56 Å². The van der Waals surface area contributed by atoms with E-state index in [9.17, 15) is 9.67 Å². The van der Waals surface area contributed by atoms with Gasteiger partial charge >= 0.3 is 7.60 Å². The standard InChI is InChI=1S/C16H27O7P/c1-10(2)22-24(18,23-11(3)4)16(17)12-8-13(19-5)15(21-7)14(9-12)20-6/h8-11,16-17H,1-7H3.